The molecule has 4 heterocycles. The lowest BCUT2D eigenvalue weighted by Crippen LogP contribution is -2.46. The first-order chi connectivity index (χ1) is 9.34. The van der Waals surface area contributed by atoms with Crippen molar-refractivity contribution in [1.29, 1.82) is 0 Å². The van der Waals surface area contributed by atoms with Crippen LogP contribution in [0, 0.1) is 5.92 Å². The zero-order valence-electron chi connectivity index (χ0n) is 10.2. The minimum Gasteiger partial charge on any atom is -0.354 e. The van der Waals surface area contributed by atoms with Crippen LogP contribution in [0.5, 0.6) is 0 Å². The van der Waals surface area contributed by atoms with Gasteiger partial charge in [0.1, 0.15) is 16.7 Å². The summed E-state index contributed by atoms with van der Waals surface area (Å²) >= 11 is 1.52. The second-order valence-electron chi connectivity index (χ2n) is 4.96. The molecule has 0 saturated carbocycles. The Bertz CT molecular complexity index is 642. The molecule has 0 bridgehead atoms. The third-order valence-corrected chi connectivity index (χ3v) is 4.72. The van der Waals surface area contributed by atoms with Crippen molar-refractivity contribution in [3.63, 3.8) is 0 Å². The van der Waals surface area contributed by atoms with Gasteiger partial charge in [-0.3, -0.25) is 4.79 Å². The molecule has 1 amide bonds. The van der Waals surface area contributed by atoms with Crippen molar-refractivity contribution in [1.82, 2.24) is 20.3 Å². The van der Waals surface area contributed by atoms with Gasteiger partial charge in [0.05, 0.1) is 17.5 Å². The van der Waals surface area contributed by atoms with Crippen LogP contribution in [0.2, 0.25) is 0 Å². The maximum absolute atomic E-state index is 11.8. The molecule has 2 aromatic rings. The Labute approximate surface area is 113 Å². The standard InChI is InChI=1S/C12H13N5OS/c18-11-7-2-1-3-17(8(7)4-13-11)10-9-12(15-5-14-10)19-6-16-9/h5-8H,1-4H2,(H,13,18)/t7-,8-/m1/s1. The maximum atomic E-state index is 11.8. The molecule has 0 unspecified atom stereocenters. The van der Waals surface area contributed by atoms with Gasteiger partial charge < -0.3 is 10.2 Å². The lowest BCUT2D eigenvalue weighted by molar-refractivity contribution is -0.122. The van der Waals surface area contributed by atoms with Crippen LogP contribution in [0.3, 0.4) is 0 Å². The molecular formula is C12H13N5OS. The van der Waals surface area contributed by atoms with Crippen LogP contribution in [0.25, 0.3) is 10.3 Å². The number of piperidine rings is 1. The van der Waals surface area contributed by atoms with E-state index >= 15 is 0 Å². The average molecular weight is 275 g/mol. The number of hydrogen-bond donors (Lipinski definition) is 1. The van der Waals surface area contributed by atoms with Crippen molar-refractivity contribution < 1.29 is 4.79 Å². The molecule has 0 radical (unpaired) electrons. The van der Waals surface area contributed by atoms with Gasteiger partial charge in [-0.15, -0.1) is 11.3 Å². The molecule has 2 fully saturated rings. The number of thiazole rings is 1. The van der Waals surface area contributed by atoms with Crippen LogP contribution >= 0.6 is 11.3 Å². The Morgan fingerprint density at radius 2 is 2.32 bits per heavy atom. The number of hydrogen-bond acceptors (Lipinski definition) is 6. The highest BCUT2D eigenvalue weighted by Crippen LogP contribution is 2.33. The van der Waals surface area contributed by atoms with E-state index in [1.807, 2.05) is 0 Å². The van der Waals surface area contributed by atoms with Gasteiger partial charge in [0, 0.05) is 13.1 Å². The monoisotopic (exact) mass is 275 g/mol. The van der Waals surface area contributed by atoms with Crippen LogP contribution in [-0.4, -0.2) is 40.0 Å². The van der Waals surface area contributed by atoms with Crippen LogP contribution < -0.4 is 10.2 Å². The van der Waals surface area contributed by atoms with Crippen molar-refractivity contribution in [3.05, 3.63) is 11.8 Å². The van der Waals surface area contributed by atoms with E-state index in [0.29, 0.717) is 6.54 Å². The largest absolute Gasteiger partial charge is 0.354 e. The van der Waals surface area contributed by atoms with E-state index in [1.54, 1.807) is 11.8 Å². The summed E-state index contributed by atoms with van der Waals surface area (Å²) in [4.78, 5) is 28.0. The Morgan fingerprint density at radius 3 is 3.26 bits per heavy atom. The lowest BCUT2D eigenvalue weighted by Gasteiger charge is -2.36. The Hall–Kier alpha value is -1.76. The molecule has 19 heavy (non-hydrogen) atoms. The number of carbonyl (C=O) groups is 1. The molecule has 1 N–H and O–H groups in total. The summed E-state index contributed by atoms with van der Waals surface area (Å²) < 4.78 is 0. The number of anilines is 1. The predicted octanol–water partition coefficient (Wildman–Crippen LogP) is 0.801. The van der Waals surface area contributed by atoms with Crippen molar-refractivity contribution in [2.45, 2.75) is 18.9 Å². The van der Waals surface area contributed by atoms with Crippen LogP contribution in [0.1, 0.15) is 12.8 Å². The van der Waals surface area contributed by atoms with Gasteiger partial charge in [0.2, 0.25) is 5.91 Å². The van der Waals surface area contributed by atoms with Gasteiger partial charge >= 0.3 is 0 Å². The fourth-order valence-electron chi connectivity index (χ4n) is 3.11. The molecule has 0 spiro atoms. The minimum absolute atomic E-state index is 0.0948. The highest BCUT2D eigenvalue weighted by Gasteiger charge is 2.41. The van der Waals surface area contributed by atoms with Crippen LogP contribution in [0.15, 0.2) is 11.8 Å². The molecule has 98 valence electrons. The number of nitrogens with one attached hydrogen (secondary N) is 1. The van der Waals surface area contributed by atoms with E-state index < -0.39 is 0 Å². The summed E-state index contributed by atoms with van der Waals surface area (Å²) in [6.45, 7) is 1.64. The molecule has 2 aromatic heterocycles. The Morgan fingerprint density at radius 1 is 1.37 bits per heavy atom. The minimum atomic E-state index is 0.0948. The molecule has 0 aliphatic carbocycles. The van der Waals surface area contributed by atoms with Gasteiger partial charge in [0.15, 0.2) is 5.82 Å². The van der Waals surface area contributed by atoms with E-state index in [0.717, 1.165) is 35.6 Å². The van der Waals surface area contributed by atoms with E-state index in [9.17, 15) is 4.79 Å². The maximum Gasteiger partial charge on any atom is 0.225 e. The summed E-state index contributed by atoms with van der Waals surface area (Å²) in [5, 5.41) is 2.96. The Kier molecular flexibility index (Phi) is 2.41. The van der Waals surface area contributed by atoms with Crippen LogP contribution in [0.4, 0.5) is 5.82 Å². The molecule has 7 heteroatoms. The first-order valence-corrected chi connectivity index (χ1v) is 7.31. The van der Waals surface area contributed by atoms with Gasteiger partial charge in [-0.1, -0.05) is 0 Å². The van der Waals surface area contributed by atoms with Crippen LogP contribution in [-0.2, 0) is 4.79 Å². The second-order valence-corrected chi connectivity index (χ2v) is 5.79. The molecular weight excluding hydrogens is 262 g/mol. The third kappa shape index (κ3) is 1.61. The first-order valence-electron chi connectivity index (χ1n) is 6.43. The van der Waals surface area contributed by atoms with Crippen molar-refractivity contribution in [2.24, 2.45) is 5.92 Å². The number of rotatable bonds is 1. The fourth-order valence-corrected chi connectivity index (χ4v) is 3.73. The van der Waals surface area contributed by atoms with Crippen molar-refractivity contribution in [3.8, 4) is 0 Å². The summed E-state index contributed by atoms with van der Waals surface area (Å²) in [6, 6.07) is 0.209. The summed E-state index contributed by atoms with van der Waals surface area (Å²) in [5.74, 6) is 1.15. The van der Waals surface area contributed by atoms with Gasteiger partial charge in [0.25, 0.3) is 0 Å². The topological polar surface area (TPSA) is 71.0 Å². The summed E-state index contributed by atoms with van der Waals surface area (Å²) in [7, 11) is 0. The van der Waals surface area contributed by atoms with E-state index in [-0.39, 0.29) is 17.9 Å². The van der Waals surface area contributed by atoms with Gasteiger partial charge in [-0.25, -0.2) is 15.0 Å². The number of fused-ring (bicyclic) bond motifs is 2. The molecule has 4 rings (SSSR count). The Balaban J connectivity index is 1.79. The van der Waals surface area contributed by atoms with Gasteiger partial charge in [-0.05, 0) is 12.8 Å². The van der Waals surface area contributed by atoms with Crippen molar-refractivity contribution in [2.75, 3.05) is 18.0 Å². The normalized spacial score (nSPS) is 26.5. The van der Waals surface area contributed by atoms with E-state index in [1.165, 1.54) is 11.3 Å². The number of amides is 1. The highest BCUT2D eigenvalue weighted by molar-refractivity contribution is 7.16. The third-order valence-electron chi connectivity index (χ3n) is 3.99. The average Bonchev–Trinajstić information content (AvgIpc) is 3.05. The molecule has 0 aromatic carbocycles. The lowest BCUT2D eigenvalue weighted by atomic mass is 9.91. The zero-order valence-corrected chi connectivity index (χ0v) is 11.1. The molecule has 2 aliphatic heterocycles. The molecule has 2 saturated heterocycles. The quantitative estimate of drug-likeness (QED) is 0.833. The zero-order chi connectivity index (χ0) is 12.8. The van der Waals surface area contributed by atoms with E-state index in [4.69, 9.17) is 0 Å². The number of carbonyl (C=O) groups excluding carboxylic acids is 1. The number of aromatic nitrogens is 3. The fraction of sp³-hybridized carbons (Fsp3) is 0.500. The molecule has 2 aliphatic rings. The SMILES string of the molecule is O=C1NC[C@@H]2[C@H]1CCCN2c1ncnc2scnc12. The number of nitrogens with zero attached hydrogens (tertiary/aromatic N) is 4. The highest BCUT2D eigenvalue weighted by atomic mass is 32.1. The van der Waals surface area contributed by atoms with Crippen molar-refractivity contribution >= 4 is 33.4 Å². The van der Waals surface area contributed by atoms with E-state index in [2.05, 4.69) is 25.2 Å². The summed E-state index contributed by atoms with van der Waals surface area (Å²) in [5.41, 5.74) is 2.65. The predicted molar refractivity (Wildman–Crippen MR) is 72.1 cm³/mol. The van der Waals surface area contributed by atoms with Gasteiger partial charge in [-0.2, -0.15) is 0 Å². The summed E-state index contributed by atoms with van der Waals surface area (Å²) in [6.07, 6.45) is 3.58. The first kappa shape index (κ1) is 11.1. The molecule has 2 atom stereocenters. The smallest absolute Gasteiger partial charge is 0.225 e. The second kappa shape index (κ2) is 4.12. The molecule has 6 nitrogen and oxygen atoms in total.